The monoisotopic (exact) mass is 443 g/mol. The maximum Gasteiger partial charge on any atom is 0.188 e. The van der Waals surface area contributed by atoms with E-state index in [0.717, 1.165) is 33.9 Å². The minimum atomic E-state index is -2.06. The van der Waals surface area contributed by atoms with Gasteiger partial charge in [-0.1, -0.05) is 48.5 Å². The molecular weight excluding hydrogens is 414 g/mol. The van der Waals surface area contributed by atoms with Crippen LogP contribution >= 0.6 is 0 Å². The van der Waals surface area contributed by atoms with Gasteiger partial charge in [0.05, 0.1) is 24.2 Å². The van der Waals surface area contributed by atoms with Crippen molar-refractivity contribution < 1.29 is 14.9 Å². The number of ether oxygens (including phenoxy) is 1. The lowest BCUT2D eigenvalue weighted by molar-refractivity contribution is -0.152. The number of methoxy groups -OCH3 is 1. The average Bonchev–Trinajstić information content (AvgIpc) is 3.15. The van der Waals surface area contributed by atoms with E-state index in [9.17, 15) is 10.2 Å². The second kappa shape index (κ2) is 8.73. The molecule has 3 aromatic carbocycles. The van der Waals surface area contributed by atoms with Gasteiger partial charge in [0, 0.05) is 18.2 Å². The molecule has 0 aliphatic heterocycles. The van der Waals surface area contributed by atoms with E-state index >= 15 is 0 Å². The van der Waals surface area contributed by atoms with Gasteiger partial charge in [0.15, 0.2) is 5.79 Å². The molecule has 1 heterocycles. The summed E-state index contributed by atoms with van der Waals surface area (Å²) in [5, 5.41) is 26.0. The van der Waals surface area contributed by atoms with Gasteiger partial charge in [-0.2, -0.15) is 5.10 Å². The van der Waals surface area contributed by atoms with Gasteiger partial charge >= 0.3 is 0 Å². The molecule has 4 aromatic rings. The third-order valence-corrected chi connectivity index (χ3v) is 5.84. The minimum absolute atomic E-state index is 0.332. The Morgan fingerprint density at radius 1 is 0.939 bits per heavy atom. The van der Waals surface area contributed by atoms with E-state index in [0.29, 0.717) is 17.0 Å². The summed E-state index contributed by atoms with van der Waals surface area (Å²) in [5.74, 6) is -0.694. The lowest BCUT2D eigenvalue weighted by Crippen LogP contribution is -2.25. The van der Waals surface area contributed by atoms with Gasteiger partial charge < -0.3 is 19.8 Å². The van der Waals surface area contributed by atoms with E-state index < -0.39 is 5.79 Å². The fraction of sp³-hybridized carbons (Fsp3) is 0.222. The summed E-state index contributed by atoms with van der Waals surface area (Å²) in [6.45, 7) is 5.39. The molecule has 0 atom stereocenters. The van der Waals surface area contributed by atoms with Crippen LogP contribution in [-0.2, 0) is 5.79 Å². The van der Waals surface area contributed by atoms with Gasteiger partial charge in [-0.3, -0.25) is 0 Å². The van der Waals surface area contributed by atoms with E-state index in [1.807, 2.05) is 72.1 Å². The molecule has 0 spiro atoms. The highest BCUT2D eigenvalue weighted by Gasteiger charge is 2.29. The van der Waals surface area contributed by atoms with Crippen molar-refractivity contribution in [1.82, 2.24) is 9.78 Å². The van der Waals surface area contributed by atoms with Crippen LogP contribution in [0.1, 0.15) is 23.7 Å². The zero-order valence-electron chi connectivity index (χ0n) is 19.6. The zero-order chi connectivity index (χ0) is 23.8. The highest BCUT2D eigenvalue weighted by Crippen LogP contribution is 2.42. The molecule has 4 rings (SSSR count). The Kier molecular flexibility index (Phi) is 5.97. The van der Waals surface area contributed by atoms with Crippen molar-refractivity contribution in [3.8, 4) is 22.6 Å². The molecule has 0 saturated carbocycles. The van der Waals surface area contributed by atoms with Crippen LogP contribution in [0.15, 0.2) is 72.8 Å². The van der Waals surface area contributed by atoms with Gasteiger partial charge in [-0.05, 0) is 56.2 Å². The highest BCUT2D eigenvalue weighted by atomic mass is 16.5. The number of hydrogen-bond donors (Lipinski definition) is 2. The number of aliphatic hydroxyl groups is 2. The highest BCUT2D eigenvalue weighted by molar-refractivity contribution is 5.84. The predicted molar refractivity (Wildman–Crippen MR) is 131 cm³/mol. The van der Waals surface area contributed by atoms with Crippen molar-refractivity contribution in [2.45, 2.75) is 26.6 Å². The molecule has 0 aliphatic rings. The Labute approximate surface area is 194 Å². The van der Waals surface area contributed by atoms with E-state index in [2.05, 4.69) is 25.1 Å². The summed E-state index contributed by atoms with van der Waals surface area (Å²) < 4.78 is 7.26. The first-order valence-electron chi connectivity index (χ1n) is 10.8. The molecule has 0 bridgehead atoms. The molecular formula is C27H29N3O3. The summed E-state index contributed by atoms with van der Waals surface area (Å²) in [6.07, 6.45) is 0. The third kappa shape index (κ3) is 4.23. The van der Waals surface area contributed by atoms with Crippen molar-refractivity contribution in [2.24, 2.45) is 0 Å². The van der Waals surface area contributed by atoms with E-state index in [1.165, 1.54) is 6.92 Å². The molecule has 0 aliphatic carbocycles. The molecule has 6 nitrogen and oxygen atoms in total. The molecule has 2 N–H and O–H groups in total. The summed E-state index contributed by atoms with van der Waals surface area (Å²) in [7, 11) is 3.47. The molecule has 1 aromatic heterocycles. The van der Waals surface area contributed by atoms with Crippen LogP contribution in [0.4, 0.5) is 11.5 Å². The SMILES string of the molecule is COc1ccc(N(C)c2c(-c3ccccc3)c(C)nn2-c2ccccc2C)c(C(C)(O)O)c1. The van der Waals surface area contributed by atoms with Crippen LogP contribution in [0.5, 0.6) is 5.75 Å². The van der Waals surface area contributed by atoms with E-state index in [-0.39, 0.29) is 0 Å². The summed E-state index contributed by atoms with van der Waals surface area (Å²) in [4.78, 5) is 1.95. The number of para-hydroxylation sites is 1. The van der Waals surface area contributed by atoms with E-state index in [4.69, 9.17) is 9.84 Å². The Morgan fingerprint density at radius 3 is 2.24 bits per heavy atom. The quantitative estimate of drug-likeness (QED) is 0.406. The fourth-order valence-electron chi connectivity index (χ4n) is 4.16. The first-order valence-corrected chi connectivity index (χ1v) is 10.8. The van der Waals surface area contributed by atoms with Crippen molar-refractivity contribution >= 4 is 11.5 Å². The number of hydrogen-bond acceptors (Lipinski definition) is 5. The van der Waals surface area contributed by atoms with Crippen LogP contribution in [0.25, 0.3) is 16.8 Å². The van der Waals surface area contributed by atoms with Crippen LogP contribution < -0.4 is 9.64 Å². The number of aromatic nitrogens is 2. The Balaban J connectivity index is 2.02. The largest absolute Gasteiger partial charge is 0.497 e. The molecule has 0 amide bonds. The smallest absolute Gasteiger partial charge is 0.188 e. The Morgan fingerprint density at radius 2 is 1.61 bits per heavy atom. The fourth-order valence-corrected chi connectivity index (χ4v) is 4.16. The second-order valence-corrected chi connectivity index (χ2v) is 8.31. The van der Waals surface area contributed by atoms with Crippen LogP contribution in [-0.4, -0.2) is 34.2 Å². The number of aryl methyl sites for hydroxylation is 2. The van der Waals surface area contributed by atoms with Crippen LogP contribution in [0, 0.1) is 13.8 Å². The van der Waals surface area contributed by atoms with Crippen molar-refractivity contribution in [3.63, 3.8) is 0 Å². The molecule has 0 radical (unpaired) electrons. The summed E-state index contributed by atoms with van der Waals surface area (Å²) in [5.41, 5.74) is 5.88. The maximum absolute atomic E-state index is 10.6. The lowest BCUT2D eigenvalue weighted by atomic mass is 10.0. The molecule has 170 valence electrons. The van der Waals surface area contributed by atoms with Gasteiger partial charge in [0.2, 0.25) is 0 Å². The topological polar surface area (TPSA) is 70.8 Å². The third-order valence-electron chi connectivity index (χ3n) is 5.84. The number of rotatable bonds is 6. The molecule has 0 saturated heterocycles. The predicted octanol–water partition coefficient (Wildman–Crippen LogP) is 5.09. The van der Waals surface area contributed by atoms with E-state index in [1.54, 1.807) is 13.2 Å². The van der Waals surface area contributed by atoms with Crippen molar-refractivity contribution in [2.75, 3.05) is 19.1 Å². The number of anilines is 2. The Bertz CT molecular complexity index is 1270. The molecule has 6 heteroatoms. The number of benzene rings is 3. The van der Waals surface area contributed by atoms with Crippen molar-refractivity contribution in [3.05, 3.63) is 89.6 Å². The lowest BCUT2D eigenvalue weighted by Gasteiger charge is -2.29. The molecule has 0 fully saturated rings. The van der Waals surface area contributed by atoms with Crippen LogP contribution in [0.2, 0.25) is 0 Å². The van der Waals surface area contributed by atoms with Gasteiger partial charge in [0.25, 0.3) is 0 Å². The van der Waals surface area contributed by atoms with Gasteiger partial charge in [-0.15, -0.1) is 0 Å². The standard InChI is InChI=1S/C27H29N3O3/c1-18-11-9-10-14-23(18)30-26(25(19(2)28-30)20-12-7-6-8-13-20)29(4)24-16-15-21(33-5)17-22(24)27(3,31)32/h6-17,31-32H,1-5H3. The first kappa shape index (κ1) is 22.6. The normalized spacial score (nSPS) is 11.5. The second-order valence-electron chi connectivity index (χ2n) is 8.31. The molecule has 33 heavy (non-hydrogen) atoms. The Hall–Kier alpha value is -3.61. The van der Waals surface area contributed by atoms with Gasteiger partial charge in [0.1, 0.15) is 11.6 Å². The summed E-state index contributed by atoms with van der Waals surface area (Å²) in [6, 6.07) is 23.5. The molecule has 0 unspecified atom stereocenters. The first-order chi connectivity index (χ1) is 15.7. The minimum Gasteiger partial charge on any atom is -0.497 e. The zero-order valence-corrected chi connectivity index (χ0v) is 19.6. The number of nitrogens with zero attached hydrogens (tertiary/aromatic N) is 3. The van der Waals surface area contributed by atoms with Gasteiger partial charge in [-0.25, -0.2) is 4.68 Å². The van der Waals surface area contributed by atoms with Crippen LogP contribution in [0.3, 0.4) is 0 Å². The summed E-state index contributed by atoms with van der Waals surface area (Å²) >= 11 is 0. The average molecular weight is 444 g/mol. The maximum atomic E-state index is 10.6. The van der Waals surface area contributed by atoms with Crippen molar-refractivity contribution in [1.29, 1.82) is 0 Å².